The van der Waals surface area contributed by atoms with Crippen molar-refractivity contribution in [3.05, 3.63) is 44.9 Å². The molecule has 2 aromatic heterocycles. The Hall–Kier alpha value is -2.45. The lowest BCUT2D eigenvalue weighted by Crippen LogP contribution is -2.35. The number of rotatable bonds is 5. The van der Waals surface area contributed by atoms with Crippen molar-refractivity contribution in [2.24, 2.45) is 7.05 Å². The van der Waals surface area contributed by atoms with Gasteiger partial charge in [-0.3, -0.25) is 14.3 Å². The standard InChI is InChI=1S/C19H24N4O3S/c1-11-14(12(2)22(5)20-11)17(24)15-16(13-7-6-10-27-13)23(9-8-21(3)4)19(26)18(15)25/h6-7,10,16,24H,8-9H2,1-5H3/t16-/m1/s1. The molecule has 1 atom stereocenters. The van der Waals surface area contributed by atoms with Crippen molar-refractivity contribution >= 4 is 28.8 Å². The number of ketones is 1. The van der Waals surface area contributed by atoms with Crippen LogP contribution in [0.5, 0.6) is 0 Å². The molecule has 0 spiro atoms. The summed E-state index contributed by atoms with van der Waals surface area (Å²) in [6.07, 6.45) is 0. The molecule has 144 valence electrons. The van der Waals surface area contributed by atoms with Gasteiger partial charge in [-0.15, -0.1) is 11.3 Å². The molecule has 7 nitrogen and oxygen atoms in total. The van der Waals surface area contributed by atoms with E-state index < -0.39 is 17.7 Å². The molecule has 0 saturated carbocycles. The number of aliphatic hydroxyl groups is 1. The third-order valence-corrected chi connectivity index (χ3v) is 5.81. The minimum Gasteiger partial charge on any atom is -0.507 e. The van der Waals surface area contributed by atoms with Gasteiger partial charge < -0.3 is 14.9 Å². The molecule has 1 N–H and O–H groups in total. The van der Waals surface area contributed by atoms with Crippen LogP contribution < -0.4 is 0 Å². The molecular formula is C19H24N4O3S. The maximum absolute atomic E-state index is 12.9. The third-order valence-electron chi connectivity index (χ3n) is 4.89. The summed E-state index contributed by atoms with van der Waals surface area (Å²) in [4.78, 5) is 30.0. The largest absolute Gasteiger partial charge is 0.507 e. The molecule has 0 bridgehead atoms. The normalized spacial score (nSPS) is 19.5. The highest BCUT2D eigenvalue weighted by Gasteiger charge is 2.46. The molecule has 8 heteroatoms. The van der Waals surface area contributed by atoms with Gasteiger partial charge in [0.15, 0.2) is 0 Å². The number of carbonyl (C=O) groups is 2. The quantitative estimate of drug-likeness (QED) is 0.482. The number of likely N-dealkylation sites (N-methyl/N-ethyl adjacent to an activating group) is 1. The zero-order valence-corrected chi connectivity index (χ0v) is 17.0. The van der Waals surface area contributed by atoms with Gasteiger partial charge in [-0.05, 0) is 39.4 Å². The van der Waals surface area contributed by atoms with Gasteiger partial charge in [-0.2, -0.15) is 5.10 Å². The number of aryl methyl sites for hydroxylation is 2. The van der Waals surface area contributed by atoms with Gasteiger partial charge in [0, 0.05) is 30.7 Å². The molecule has 0 aromatic carbocycles. The Bertz CT molecular complexity index is 912. The minimum absolute atomic E-state index is 0.139. The first-order valence-corrected chi connectivity index (χ1v) is 9.59. The summed E-state index contributed by atoms with van der Waals surface area (Å²) in [5.41, 5.74) is 2.02. The number of nitrogens with zero attached hydrogens (tertiary/aromatic N) is 4. The Labute approximate surface area is 162 Å². The number of likely N-dealkylation sites (tertiary alicyclic amines) is 1. The summed E-state index contributed by atoms with van der Waals surface area (Å²) in [6, 6.07) is 3.19. The SMILES string of the molecule is Cc1nn(C)c(C)c1C(O)=C1C(=O)C(=O)N(CCN(C)C)[C@@H]1c1cccs1. The second-order valence-electron chi connectivity index (χ2n) is 6.98. The maximum atomic E-state index is 12.9. The Balaban J connectivity index is 2.17. The molecule has 0 radical (unpaired) electrons. The van der Waals surface area contributed by atoms with E-state index in [2.05, 4.69) is 5.10 Å². The average molecular weight is 388 g/mol. The molecule has 1 amide bonds. The maximum Gasteiger partial charge on any atom is 0.295 e. The number of amides is 1. The third kappa shape index (κ3) is 3.30. The van der Waals surface area contributed by atoms with Crippen molar-refractivity contribution in [3.63, 3.8) is 0 Å². The number of carbonyl (C=O) groups excluding carboxylic acids is 2. The number of aliphatic hydroxyl groups excluding tert-OH is 1. The fraction of sp³-hybridized carbons (Fsp3) is 0.421. The highest BCUT2D eigenvalue weighted by molar-refractivity contribution is 7.10. The molecule has 27 heavy (non-hydrogen) atoms. The summed E-state index contributed by atoms with van der Waals surface area (Å²) in [5.74, 6) is -1.37. The van der Waals surface area contributed by atoms with E-state index in [1.54, 1.807) is 23.6 Å². The van der Waals surface area contributed by atoms with Gasteiger partial charge in [0.2, 0.25) is 0 Å². The summed E-state index contributed by atoms with van der Waals surface area (Å²) in [7, 11) is 5.61. The number of aromatic nitrogens is 2. The molecular weight excluding hydrogens is 364 g/mol. The van der Waals surface area contributed by atoms with E-state index in [4.69, 9.17) is 0 Å². The predicted octanol–water partition coefficient (Wildman–Crippen LogP) is 2.08. The summed E-state index contributed by atoms with van der Waals surface area (Å²) in [6.45, 7) is 4.64. The molecule has 1 aliphatic rings. The van der Waals surface area contributed by atoms with E-state index >= 15 is 0 Å². The predicted molar refractivity (Wildman–Crippen MR) is 105 cm³/mol. The van der Waals surface area contributed by atoms with E-state index in [-0.39, 0.29) is 11.3 Å². The topological polar surface area (TPSA) is 78.7 Å². The van der Waals surface area contributed by atoms with Gasteiger partial charge in [0.1, 0.15) is 5.76 Å². The van der Waals surface area contributed by atoms with E-state index in [1.165, 1.54) is 11.3 Å². The van der Waals surface area contributed by atoms with Crippen molar-refractivity contribution in [2.75, 3.05) is 27.2 Å². The molecule has 1 saturated heterocycles. The monoisotopic (exact) mass is 388 g/mol. The van der Waals surface area contributed by atoms with Crippen LogP contribution in [-0.4, -0.2) is 63.6 Å². The van der Waals surface area contributed by atoms with Crippen LogP contribution in [0.25, 0.3) is 5.76 Å². The second kappa shape index (κ2) is 7.28. The Morgan fingerprint density at radius 1 is 1.33 bits per heavy atom. The van der Waals surface area contributed by atoms with Crippen LogP contribution in [0.4, 0.5) is 0 Å². The van der Waals surface area contributed by atoms with Crippen LogP contribution >= 0.6 is 11.3 Å². The van der Waals surface area contributed by atoms with Crippen LogP contribution in [0, 0.1) is 13.8 Å². The van der Waals surface area contributed by atoms with Crippen molar-refractivity contribution in [2.45, 2.75) is 19.9 Å². The van der Waals surface area contributed by atoms with Crippen LogP contribution in [0.1, 0.15) is 27.9 Å². The minimum atomic E-state index is -0.646. The van der Waals surface area contributed by atoms with Crippen molar-refractivity contribution in [1.82, 2.24) is 19.6 Å². The van der Waals surface area contributed by atoms with E-state index in [0.29, 0.717) is 24.3 Å². The highest BCUT2D eigenvalue weighted by atomic mass is 32.1. The number of Topliss-reactive ketones (excluding diaryl/α,β-unsaturated/α-hetero) is 1. The Morgan fingerprint density at radius 3 is 2.56 bits per heavy atom. The van der Waals surface area contributed by atoms with Gasteiger partial charge in [-0.25, -0.2) is 0 Å². The van der Waals surface area contributed by atoms with Gasteiger partial charge >= 0.3 is 0 Å². The fourth-order valence-electron chi connectivity index (χ4n) is 3.41. The van der Waals surface area contributed by atoms with Crippen LogP contribution in [0.15, 0.2) is 23.1 Å². The molecule has 3 heterocycles. The smallest absolute Gasteiger partial charge is 0.295 e. The summed E-state index contributed by atoms with van der Waals surface area (Å²) in [5, 5.41) is 17.3. The van der Waals surface area contributed by atoms with Crippen molar-refractivity contribution < 1.29 is 14.7 Å². The van der Waals surface area contributed by atoms with Gasteiger partial charge in [0.05, 0.1) is 22.9 Å². The highest BCUT2D eigenvalue weighted by Crippen LogP contribution is 2.41. The fourth-order valence-corrected chi connectivity index (χ4v) is 4.26. The van der Waals surface area contributed by atoms with Crippen LogP contribution in [0.2, 0.25) is 0 Å². The molecule has 2 aromatic rings. The first-order chi connectivity index (χ1) is 12.7. The van der Waals surface area contributed by atoms with Crippen LogP contribution in [-0.2, 0) is 16.6 Å². The first kappa shape index (κ1) is 19.3. The van der Waals surface area contributed by atoms with Crippen molar-refractivity contribution in [1.29, 1.82) is 0 Å². The summed E-state index contributed by atoms with van der Waals surface area (Å²) < 4.78 is 1.66. The molecule has 1 aliphatic heterocycles. The van der Waals surface area contributed by atoms with E-state index in [9.17, 15) is 14.7 Å². The summed E-state index contributed by atoms with van der Waals surface area (Å²) >= 11 is 1.47. The average Bonchev–Trinajstić information content (AvgIpc) is 3.26. The first-order valence-electron chi connectivity index (χ1n) is 8.71. The Kier molecular flexibility index (Phi) is 5.21. The van der Waals surface area contributed by atoms with E-state index in [1.807, 2.05) is 43.4 Å². The number of hydrogen-bond acceptors (Lipinski definition) is 6. The lowest BCUT2D eigenvalue weighted by Gasteiger charge is -2.25. The zero-order chi connectivity index (χ0) is 19.9. The molecule has 1 fully saturated rings. The van der Waals surface area contributed by atoms with Crippen molar-refractivity contribution in [3.8, 4) is 0 Å². The molecule has 0 aliphatic carbocycles. The Morgan fingerprint density at radius 2 is 2.04 bits per heavy atom. The molecule has 0 unspecified atom stereocenters. The van der Waals surface area contributed by atoms with Gasteiger partial charge in [0.25, 0.3) is 11.7 Å². The molecule has 3 rings (SSSR count). The van der Waals surface area contributed by atoms with Crippen LogP contribution in [0.3, 0.4) is 0 Å². The van der Waals surface area contributed by atoms with E-state index in [0.717, 1.165) is 10.6 Å². The van der Waals surface area contributed by atoms with Gasteiger partial charge in [-0.1, -0.05) is 6.07 Å². The second-order valence-corrected chi connectivity index (χ2v) is 7.96. The number of hydrogen-bond donors (Lipinski definition) is 1. The number of thiophene rings is 1. The zero-order valence-electron chi connectivity index (χ0n) is 16.2. The lowest BCUT2D eigenvalue weighted by molar-refractivity contribution is -0.140. The lowest BCUT2D eigenvalue weighted by atomic mass is 9.99.